The summed E-state index contributed by atoms with van der Waals surface area (Å²) in [7, 11) is 0. The summed E-state index contributed by atoms with van der Waals surface area (Å²) in [5.41, 5.74) is 1.84. The lowest BCUT2D eigenvalue weighted by molar-refractivity contribution is 0.111. The van der Waals surface area contributed by atoms with Crippen molar-refractivity contribution in [3.05, 3.63) is 58.1 Å². The maximum atomic E-state index is 14.3. The van der Waals surface area contributed by atoms with Crippen molar-refractivity contribution in [2.75, 3.05) is 50.8 Å². The van der Waals surface area contributed by atoms with E-state index >= 15 is 0 Å². The highest BCUT2D eigenvalue weighted by molar-refractivity contribution is 5.97. The fourth-order valence-corrected chi connectivity index (χ4v) is 7.21. The molecule has 0 saturated carbocycles. The van der Waals surface area contributed by atoms with Gasteiger partial charge < -0.3 is 20.1 Å². The van der Waals surface area contributed by atoms with Gasteiger partial charge in [-0.15, -0.1) is 6.42 Å². The summed E-state index contributed by atoms with van der Waals surface area (Å²) >= 11 is 0. The van der Waals surface area contributed by atoms with Crippen LogP contribution in [0.4, 0.5) is 5.69 Å². The lowest BCUT2D eigenvalue weighted by atomic mass is 9.95. The molecular weight excluding hydrogens is 542 g/mol. The molecular formula is C33H33N7O3. The van der Waals surface area contributed by atoms with Crippen molar-refractivity contribution in [1.82, 2.24) is 24.8 Å². The first-order valence-electron chi connectivity index (χ1n) is 14.9. The van der Waals surface area contributed by atoms with E-state index in [0.717, 1.165) is 58.3 Å². The van der Waals surface area contributed by atoms with Crippen LogP contribution < -0.4 is 20.5 Å². The largest absolute Gasteiger partial charge is 0.508 e. The number of rotatable bonds is 5. The summed E-state index contributed by atoms with van der Waals surface area (Å²) in [4.78, 5) is 28.4. The number of nitrogens with zero attached hydrogens (tertiary/aromatic N) is 6. The standard InChI is InChI=1S/C33H33N7O3/c1-2-22-7-3-8-23-17-24(41)18-26(27(22)23)40-21-36-28-29(32(40)42)37-31(43-20-33-9-4-14-39(33)15-5-10-33)25(19-34)30(28)38-13-6-11-35-12-16-38/h1,3,7-8,17-18,21,35,41H,4-6,9-16,20H2. The molecule has 0 radical (unpaired) electrons. The van der Waals surface area contributed by atoms with E-state index in [9.17, 15) is 15.2 Å². The number of nitriles is 1. The third kappa shape index (κ3) is 4.55. The fourth-order valence-electron chi connectivity index (χ4n) is 7.21. The monoisotopic (exact) mass is 575 g/mol. The third-order valence-electron chi connectivity index (χ3n) is 9.25. The zero-order valence-corrected chi connectivity index (χ0v) is 24.0. The lowest BCUT2D eigenvalue weighted by Gasteiger charge is -2.32. The molecule has 3 aliphatic rings. The molecule has 2 aromatic carbocycles. The van der Waals surface area contributed by atoms with Crippen LogP contribution in [0.25, 0.3) is 27.5 Å². The molecule has 3 aliphatic heterocycles. The van der Waals surface area contributed by atoms with E-state index in [4.69, 9.17) is 21.1 Å². The Balaban J connectivity index is 1.44. The van der Waals surface area contributed by atoms with Crippen LogP contribution in [0, 0.1) is 23.7 Å². The van der Waals surface area contributed by atoms with Gasteiger partial charge in [-0.3, -0.25) is 14.3 Å². The Hall–Kier alpha value is -4.64. The molecule has 0 spiro atoms. The molecule has 4 aromatic rings. The van der Waals surface area contributed by atoms with E-state index in [-0.39, 0.29) is 22.7 Å². The summed E-state index contributed by atoms with van der Waals surface area (Å²) in [5, 5.41) is 25.8. The Morgan fingerprint density at radius 1 is 1.09 bits per heavy atom. The predicted octanol–water partition coefficient (Wildman–Crippen LogP) is 3.30. The number of phenols is 1. The number of aromatic hydroxyl groups is 1. The van der Waals surface area contributed by atoms with Gasteiger partial charge in [0.2, 0.25) is 5.88 Å². The van der Waals surface area contributed by atoms with Gasteiger partial charge >= 0.3 is 0 Å². The van der Waals surface area contributed by atoms with Gasteiger partial charge in [0.25, 0.3) is 5.56 Å². The van der Waals surface area contributed by atoms with Crippen LogP contribution in [-0.2, 0) is 0 Å². The molecule has 43 heavy (non-hydrogen) atoms. The molecule has 0 aliphatic carbocycles. The number of terminal acetylenes is 1. The van der Waals surface area contributed by atoms with Crippen LogP contribution in [-0.4, -0.2) is 76.0 Å². The van der Waals surface area contributed by atoms with Crippen LogP contribution >= 0.6 is 0 Å². The number of hydrogen-bond donors (Lipinski definition) is 2. The molecule has 0 amide bonds. The zero-order valence-electron chi connectivity index (χ0n) is 24.0. The van der Waals surface area contributed by atoms with Crippen molar-refractivity contribution in [3.63, 3.8) is 0 Å². The van der Waals surface area contributed by atoms with Crippen molar-refractivity contribution in [3.8, 4) is 35.7 Å². The highest BCUT2D eigenvalue weighted by Crippen LogP contribution is 2.40. The second-order valence-electron chi connectivity index (χ2n) is 11.7. The number of nitrogens with one attached hydrogen (secondary N) is 1. The van der Waals surface area contributed by atoms with Gasteiger partial charge in [0.05, 0.1) is 16.9 Å². The van der Waals surface area contributed by atoms with E-state index in [0.29, 0.717) is 58.5 Å². The van der Waals surface area contributed by atoms with Crippen LogP contribution in [0.15, 0.2) is 41.5 Å². The molecule has 10 heteroatoms. The van der Waals surface area contributed by atoms with E-state index in [1.54, 1.807) is 12.1 Å². The molecule has 0 bridgehead atoms. The van der Waals surface area contributed by atoms with Gasteiger partial charge in [-0.1, -0.05) is 18.1 Å². The average molecular weight is 576 g/mol. The number of ether oxygens (including phenoxy) is 1. The second kappa shape index (κ2) is 10.9. The van der Waals surface area contributed by atoms with Gasteiger partial charge in [0, 0.05) is 36.7 Å². The molecule has 10 nitrogen and oxygen atoms in total. The summed E-state index contributed by atoms with van der Waals surface area (Å²) in [6.07, 6.45) is 12.5. The van der Waals surface area contributed by atoms with Crippen molar-refractivity contribution in [2.24, 2.45) is 0 Å². The minimum Gasteiger partial charge on any atom is -0.508 e. The number of aromatic nitrogens is 3. The second-order valence-corrected chi connectivity index (χ2v) is 11.7. The smallest absolute Gasteiger partial charge is 0.284 e. The van der Waals surface area contributed by atoms with E-state index in [2.05, 4.69) is 27.1 Å². The molecule has 2 aromatic heterocycles. The maximum absolute atomic E-state index is 14.3. The maximum Gasteiger partial charge on any atom is 0.284 e. The van der Waals surface area contributed by atoms with Crippen LogP contribution in [0.5, 0.6) is 11.6 Å². The van der Waals surface area contributed by atoms with Crippen LogP contribution in [0.1, 0.15) is 43.2 Å². The molecule has 3 saturated heterocycles. The van der Waals surface area contributed by atoms with Crippen molar-refractivity contribution >= 4 is 27.5 Å². The summed E-state index contributed by atoms with van der Waals surface area (Å²) in [6.45, 7) is 5.48. The summed E-state index contributed by atoms with van der Waals surface area (Å²) in [6, 6.07) is 10.9. The van der Waals surface area contributed by atoms with E-state index < -0.39 is 5.56 Å². The first kappa shape index (κ1) is 27.2. The molecule has 0 atom stereocenters. The van der Waals surface area contributed by atoms with Gasteiger partial charge in [-0.25, -0.2) is 9.97 Å². The predicted molar refractivity (Wildman–Crippen MR) is 165 cm³/mol. The quantitative estimate of drug-likeness (QED) is 0.346. The molecule has 2 N–H and O–H groups in total. The van der Waals surface area contributed by atoms with Crippen molar-refractivity contribution in [2.45, 2.75) is 37.6 Å². The summed E-state index contributed by atoms with van der Waals surface area (Å²) < 4.78 is 7.83. The first-order chi connectivity index (χ1) is 21.0. The van der Waals surface area contributed by atoms with E-state index in [1.165, 1.54) is 17.0 Å². The Labute approximate surface area is 249 Å². The van der Waals surface area contributed by atoms with E-state index in [1.807, 2.05) is 12.1 Å². The Morgan fingerprint density at radius 3 is 2.72 bits per heavy atom. The molecule has 7 rings (SSSR count). The third-order valence-corrected chi connectivity index (χ3v) is 9.25. The molecule has 0 unspecified atom stereocenters. The molecule has 3 fully saturated rings. The Kier molecular flexibility index (Phi) is 6.89. The number of hydrogen-bond acceptors (Lipinski definition) is 9. The minimum atomic E-state index is -0.436. The number of fused-ring (bicyclic) bond motifs is 3. The zero-order chi connectivity index (χ0) is 29.6. The lowest BCUT2D eigenvalue weighted by Crippen LogP contribution is -2.43. The SMILES string of the molecule is C#Cc1cccc2cc(O)cc(-n3cnc4c(N5CCCNCC5)c(C#N)c(OCC56CCCN5CCC6)nc4c3=O)c12. The van der Waals surface area contributed by atoms with Gasteiger partial charge in [-0.2, -0.15) is 5.26 Å². The number of benzene rings is 2. The normalized spacial score (nSPS) is 18.3. The first-order valence-corrected chi connectivity index (χ1v) is 14.9. The topological polar surface area (TPSA) is 120 Å². The molecule has 5 heterocycles. The van der Waals surface area contributed by atoms with Crippen LogP contribution in [0.3, 0.4) is 0 Å². The van der Waals surface area contributed by atoms with Crippen molar-refractivity contribution < 1.29 is 9.84 Å². The minimum absolute atomic E-state index is 0.00447. The van der Waals surface area contributed by atoms with Gasteiger partial charge in [0.15, 0.2) is 5.52 Å². The number of phenolic OH excluding ortho intramolecular Hbond substituents is 1. The Bertz CT molecular complexity index is 1870. The highest BCUT2D eigenvalue weighted by Gasteiger charge is 2.45. The average Bonchev–Trinajstić information content (AvgIpc) is 3.48. The molecule has 218 valence electrons. The Morgan fingerprint density at radius 2 is 1.93 bits per heavy atom. The van der Waals surface area contributed by atoms with Gasteiger partial charge in [-0.05, 0) is 69.3 Å². The fraction of sp³-hybridized carbons (Fsp3) is 0.394. The summed E-state index contributed by atoms with van der Waals surface area (Å²) in [5.74, 6) is 2.85. The van der Waals surface area contributed by atoms with Crippen LogP contribution in [0.2, 0.25) is 0 Å². The highest BCUT2D eigenvalue weighted by atomic mass is 16.5. The van der Waals surface area contributed by atoms with Gasteiger partial charge in [0.1, 0.15) is 35.8 Å². The number of pyridine rings is 1. The number of anilines is 1. The van der Waals surface area contributed by atoms with Crippen molar-refractivity contribution in [1.29, 1.82) is 5.26 Å².